The number of rotatable bonds is 3. The summed E-state index contributed by atoms with van der Waals surface area (Å²) in [5.41, 5.74) is 1.90. The SMILES string of the molecule is O=COC1(c2cccc3c2OCC3)CC1. The summed E-state index contributed by atoms with van der Waals surface area (Å²) in [6.45, 7) is 1.28. The number of benzene rings is 1. The molecule has 0 atom stereocenters. The average Bonchev–Trinajstić information content (AvgIpc) is 2.88. The van der Waals surface area contributed by atoms with E-state index in [9.17, 15) is 4.79 Å². The van der Waals surface area contributed by atoms with E-state index in [1.54, 1.807) is 0 Å². The van der Waals surface area contributed by atoms with E-state index in [1.165, 1.54) is 5.56 Å². The van der Waals surface area contributed by atoms with Gasteiger partial charge in [0, 0.05) is 12.0 Å². The van der Waals surface area contributed by atoms with Crippen LogP contribution in [0.1, 0.15) is 24.0 Å². The molecule has 1 aromatic rings. The molecule has 0 spiro atoms. The fourth-order valence-corrected chi connectivity index (χ4v) is 2.23. The number of hydrogen-bond acceptors (Lipinski definition) is 3. The lowest BCUT2D eigenvalue weighted by Gasteiger charge is -2.16. The molecule has 0 aromatic heterocycles. The maximum atomic E-state index is 10.5. The first-order chi connectivity index (χ1) is 7.36. The number of ether oxygens (including phenoxy) is 2. The average molecular weight is 204 g/mol. The molecule has 78 valence electrons. The van der Waals surface area contributed by atoms with Crippen LogP contribution < -0.4 is 4.74 Å². The molecule has 0 N–H and O–H groups in total. The fourth-order valence-electron chi connectivity index (χ4n) is 2.23. The zero-order valence-corrected chi connectivity index (χ0v) is 8.36. The molecule has 0 radical (unpaired) electrons. The van der Waals surface area contributed by atoms with Crippen LogP contribution in [0.4, 0.5) is 0 Å². The molecular formula is C12H12O3. The Balaban J connectivity index is 2.05. The summed E-state index contributed by atoms with van der Waals surface area (Å²) in [5, 5.41) is 0. The van der Waals surface area contributed by atoms with Gasteiger partial charge in [-0.1, -0.05) is 18.2 Å². The quantitative estimate of drug-likeness (QED) is 0.704. The van der Waals surface area contributed by atoms with Gasteiger partial charge in [0.1, 0.15) is 11.4 Å². The summed E-state index contributed by atoms with van der Waals surface area (Å²) in [6, 6.07) is 6.08. The van der Waals surface area contributed by atoms with Crippen molar-refractivity contribution in [2.75, 3.05) is 6.61 Å². The second kappa shape index (κ2) is 2.99. The number of hydrogen-bond donors (Lipinski definition) is 0. The van der Waals surface area contributed by atoms with Crippen LogP contribution in [0.3, 0.4) is 0 Å². The minimum absolute atomic E-state index is 0.378. The number of fused-ring (bicyclic) bond motifs is 1. The zero-order chi connectivity index (χ0) is 10.3. The molecule has 15 heavy (non-hydrogen) atoms. The first-order valence-electron chi connectivity index (χ1n) is 5.22. The molecular weight excluding hydrogens is 192 g/mol. The number of carbonyl (C=O) groups excluding carboxylic acids is 1. The van der Waals surface area contributed by atoms with E-state index in [2.05, 4.69) is 6.07 Å². The van der Waals surface area contributed by atoms with Crippen LogP contribution in [0.5, 0.6) is 5.75 Å². The summed E-state index contributed by atoms with van der Waals surface area (Å²) in [7, 11) is 0. The number of carbonyl (C=O) groups is 1. The van der Waals surface area contributed by atoms with Gasteiger partial charge in [0.2, 0.25) is 0 Å². The Morgan fingerprint density at radius 2 is 2.27 bits per heavy atom. The predicted molar refractivity (Wildman–Crippen MR) is 53.7 cm³/mol. The van der Waals surface area contributed by atoms with E-state index in [-0.39, 0.29) is 5.60 Å². The van der Waals surface area contributed by atoms with Crippen LogP contribution in [-0.2, 0) is 21.6 Å². The lowest BCUT2D eigenvalue weighted by molar-refractivity contribution is -0.136. The smallest absolute Gasteiger partial charge is 0.293 e. The van der Waals surface area contributed by atoms with E-state index in [0.717, 1.165) is 37.2 Å². The van der Waals surface area contributed by atoms with Crippen LogP contribution in [0.15, 0.2) is 18.2 Å². The molecule has 0 bridgehead atoms. The summed E-state index contributed by atoms with van der Waals surface area (Å²) in [5.74, 6) is 0.942. The van der Waals surface area contributed by atoms with E-state index < -0.39 is 0 Å². The van der Waals surface area contributed by atoms with Crippen LogP contribution >= 0.6 is 0 Å². The monoisotopic (exact) mass is 204 g/mol. The van der Waals surface area contributed by atoms with E-state index in [0.29, 0.717) is 6.47 Å². The Morgan fingerprint density at radius 1 is 1.40 bits per heavy atom. The minimum atomic E-state index is -0.378. The van der Waals surface area contributed by atoms with Gasteiger partial charge in [0.25, 0.3) is 6.47 Å². The van der Waals surface area contributed by atoms with Crippen LogP contribution in [0.2, 0.25) is 0 Å². The summed E-state index contributed by atoms with van der Waals surface area (Å²) in [4.78, 5) is 10.5. The predicted octanol–water partition coefficient (Wildman–Crippen LogP) is 1.78. The van der Waals surface area contributed by atoms with Crippen LogP contribution in [-0.4, -0.2) is 13.1 Å². The molecule has 1 heterocycles. The maximum Gasteiger partial charge on any atom is 0.293 e. The Hall–Kier alpha value is -1.51. The van der Waals surface area contributed by atoms with Crippen molar-refractivity contribution in [2.24, 2.45) is 0 Å². The zero-order valence-electron chi connectivity index (χ0n) is 8.36. The third kappa shape index (κ3) is 1.23. The lowest BCUT2D eigenvalue weighted by Crippen LogP contribution is -2.12. The minimum Gasteiger partial charge on any atom is -0.493 e. The van der Waals surface area contributed by atoms with E-state index in [1.807, 2.05) is 12.1 Å². The van der Waals surface area contributed by atoms with Crippen molar-refractivity contribution < 1.29 is 14.3 Å². The van der Waals surface area contributed by atoms with Crippen molar-refractivity contribution in [3.63, 3.8) is 0 Å². The van der Waals surface area contributed by atoms with Crippen molar-refractivity contribution in [1.82, 2.24) is 0 Å². The largest absolute Gasteiger partial charge is 0.493 e. The summed E-state index contributed by atoms with van der Waals surface area (Å²) >= 11 is 0. The molecule has 1 fully saturated rings. The highest BCUT2D eigenvalue weighted by Crippen LogP contribution is 2.53. The Kier molecular flexibility index (Phi) is 1.75. The van der Waals surface area contributed by atoms with E-state index in [4.69, 9.17) is 9.47 Å². The van der Waals surface area contributed by atoms with Gasteiger partial charge in [-0.05, 0) is 18.4 Å². The molecule has 0 unspecified atom stereocenters. The Labute approximate surface area is 88.0 Å². The van der Waals surface area contributed by atoms with Crippen molar-refractivity contribution in [3.05, 3.63) is 29.3 Å². The van der Waals surface area contributed by atoms with Gasteiger partial charge in [-0.3, -0.25) is 4.79 Å². The van der Waals surface area contributed by atoms with Gasteiger partial charge < -0.3 is 9.47 Å². The fraction of sp³-hybridized carbons (Fsp3) is 0.417. The number of para-hydroxylation sites is 1. The summed E-state index contributed by atoms with van der Waals surface area (Å²) < 4.78 is 10.8. The molecule has 3 rings (SSSR count). The van der Waals surface area contributed by atoms with Gasteiger partial charge in [0.05, 0.1) is 6.61 Å². The molecule has 0 amide bonds. The Morgan fingerprint density at radius 3 is 3.00 bits per heavy atom. The standard InChI is InChI=1S/C12H12O3/c13-8-15-12(5-6-12)10-3-1-2-9-4-7-14-11(9)10/h1-3,8H,4-7H2. The second-order valence-electron chi connectivity index (χ2n) is 4.10. The van der Waals surface area contributed by atoms with Gasteiger partial charge in [-0.25, -0.2) is 0 Å². The van der Waals surface area contributed by atoms with Gasteiger partial charge in [-0.15, -0.1) is 0 Å². The molecule has 1 aliphatic heterocycles. The molecule has 1 saturated carbocycles. The molecule has 1 aromatic carbocycles. The second-order valence-corrected chi connectivity index (χ2v) is 4.10. The van der Waals surface area contributed by atoms with E-state index >= 15 is 0 Å². The van der Waals surface area contributed by atoms with Gasteiger partial charge in [-0.2, -0.15) is 0 Å². The van der Waals surface area contributed by atoms with Crippen molar-refractivity contribution in [1.29, 1.82) is 0 Å². The molecule has 2 aliphatic rings. The first-order valence-corrected chi connectivity index (χ1v) is 5.22. The third-order valence-corrected chi connectivity index (χ3v) is 3.18. The highest BCUT2D eigenvalue weighted by Gasteiger charge is 2.49. The highest BCUT2D eigenvalue weighted by atomic mass is 16.5. The molecule has 0 saturated heterocycles. The van der Waals surface area contributed by atoms with Gasteiger partial charge in [0.15, 0.2) is 0 Å². The highest BCUT2D eigenvalue weighted by molar-refractivity contribution is 5.51. The molecule has 3 heteroatoms. The topological polar surface area (TPSA) is 35.5 Å². The van der Waals surface area contributed by atoms with Crippen molar-refractivity contribution in [2.45, 2.75) is 24.9 Å². The van der Waals surface area contributed by atoms with Crippen LogP contribution in [0, 0.1) is 0 Å². The van der Waals surface area contributed by atoms with Crippen molar-refractivity contribution >= 4 is 6.47 Å². The first kappa shape index (κ1) is 8.77. The van der Waals surface area contributed by atoms with Crippen molar-refractivity contribution in [3.8, 4) is 5.75 Å². The molecule has 3 nitrogen and oxygen atoms in total. The normalized spacial score (nSPS) is 20.3. The third-order valence-electron chi connectivity index (χ3n) is 3.18. The molecule has 1 aliphatic carbocycles. The van der Waals surface area contributed by atoms with Gasteiger partial charge >= 0.3 is 0 Å². The summed E-state index contributed by atoms with van der Waals surface area (Å²) in [6.07, 6.45) is 2.78. The maximum absolute atomic E-state index is 10.5. The van der Waals surface area contributed by atoms with Crippen LogP contribution in [0.25, 0.3) is 0 Å². The Bertz CT molecular complexity index is 407. The lowest BCUT2D eigenvalue weighted by atomic mass is 10.0.